The molecule has 12 rings (SSSR count). The standard InChI is InChI=1S/C57H37N5/c1-4-16-40(17-5-1)53-36-44-22-10-11-23-46(44)56-54(41-18-6-2-7-19-41)55(60-62(53)56)42-30-28-38(29-31-42)49-37-50(59-57(58-49)43-20-8-3-9-21-43)39-32-34-45(35-33-39)61-51-26-14-12-24-47(51)48-25-13-15-27-52(48)61/h1-37H. The second-order valence-corrected chi connectivity index (χ2v) is 15.7. The average molecular weight is 792 g/mol. The molecule has 0 saturated heterocycles. The zero-order valence-electron chi connectivity index (χ0n) is 33.6. The molecule has 290 valence electrons. The van der Waals surface area contributed by atoms with Crippen LogP contribution in [0.1, 0.15) is 0 Å². The van der Waals surface area contributed by atoms with Crippen molar-refractivity contribution in [1.82, 2.24) is 24.1 Å². The van der Waals surface area contributed by atoms with Gasteiger partial charge in [0.25, 0.3) is 0 Å². The Balaban J connectivity index is 0.984. The van der Waals surface area contributed by atoms with E-state index in [0.717, 1.165) is 78.3 Å². The van der Waals surface area contributed by atoms with Crippen LogP contribution in [0.3, 0.4) is 0 Å². The minimum Gasteiger partial charge on any atom is -0.309 e. The van der Waals surface area contributed by atoms with E-state index in [-0.39, 0.29) is 0 Å². The molecule has 0 saturated carbocycles. The molecule has 5 nitrogen and oxygen atoms in total. The average Bonchev–Trinajstić information content (AvgIpc) is 3.92. The van der Waals surface area contributed by atoms with Crippen LogP contribution in [0.2, 0.25) is 0 Å². The van der Waals surface area contributed by atoms with Crippen molar-refractivity contribution in [2.24, 2.45) is 0 Å². The number of fused-ring (bicyclic) bond motifs is 6. The molecule has 0 amide bonds. The molecule has 0 N–H and O–H groups in total. The van der Waals surface area contributed by atoms with Gasteiger partial charge in [-0.05, 0) is 47.3 Å². The molecular formula is C57H37N5. The summed E-state index contributed by atoms with van der Waals surface area (Å²) in [5.74, 6) is 0.681. The number of nitrogens with zero attached hydrogens (tertiary/aromatic N) is 5. The van der Waals surface area contributed by atoms with E-state index in [4.69, 9.17) is 15.1 Å². The maximum Gasteiger partial charge on any atom is 0.160 e. The first kappa shape index (κ1) is 35.5. The van der Waals surface area contributed by atoms with Gasteiger partial charge in [-0.25, -0.2) is 14.5 Å². The third-order valence-electron chi connectivity index (χ3n) is 12.0. The molecule has 12 aromatic rings. The van der Waals surface area contributed by atoms with Gasteiger partial charge in [-0.3, -0.25) is 0 Å². The van der Waals surface area contributed by atoms with E-state index in [1.165, 1.54) is 27.2 Å². The van der Waals surface area contributed by atoms with Gasteiger partial charge in [-0.2, -0.15) is 5.10 Å². The molecule has 8 aromatic carbocycles. The minimum atomic E-state index is 0.681. The van der Waals surface area contributed by atoms with Gasteiger partial charge < -0.3 is 4.57 Å². The first-order valence-corrected chi connectivity index (χ1v) is 20.9. The number of rotatable bonds is 7. The van der Waals surface area contributed by atoms with Gasteiger partial charge in [-0.1, -0.05) is 188 Å². The van der Waals surface area contributed by atoms with Crippen LogP contribution in [-0.4, -0.2) is 24.1 Å². The van der Waals surface area contributed by atoms with Crippen molar-refractivity contribution in [1.29, 1.82) is 0 Å². The van der Waals surface area contributed by atoms with E-state index in [1.807, 2.05) is 18.2 Å². The van der Waals surface area contributed by atoms with Gasteiger partial charge in [0.1, 0.15) is 5.69 Å². The number of hydrogen-bond donors (Lipinski definition) is 0. The zero-order chi connectivity index (χ0) is 41.0. The van der Waals surface area contributed by atoms with Crippen molar-refractivity contribution >= 4 is 38.1 Å². The summed E-state index contributed by atoms with van der Waals surface area (Å²) in [4.78, 5) is 10.3. The molecule has 4 heterocycles. The van der Waals surface area contributed by atoms with Crippen LogP contribution in [0.25, 0.3) is 111 Å². The van der Waals surface area contributed by atoms with Crippen LogP contribution in [0.5, 0.6) is 0 Å². The fourth-order valence-electron chi connectivity index (χ4n) is 9.02. The molecule has 0 aliphatic rings. The Morgan fingerprint density at radius 3 is 1.45 bits per heavy atom. The molecule has 4 aromatic heterocycles. The highest BCUT2D eigenvalue weighted by atomic mass is 15.2. The highest BCUT2D eigenvalue weighted by Crippen LogP contribution is 2.41. The molecule has 0 bridgehead atoms. The van der Waals surface area contributed by atoms with Crippen molar-refractivity contribution in [3.8, 4) is 73.2 Å². The number of aromatic nitrogens is 5. The van der Waals surface area contributed by atoms with Crippen LogP contribution in [0.4, 0.5) is 0 Å². The second kappa shape index (κ2) is 14.7. The molecule has 0 aliphatic carbocycles. The molecular weight excluding hydrogens is 755 g/mol. The van der Waals surface area contributed by atoms with Crippen molar-refractivity contribution in [3.63, 3.8) is 0 Å². The summed E-state index contributed by atoms with van der Waals surface area (Å²) in [5.41, 5.74) is 15.6. The van der Waals surface area contributed by atoms with E-state index >= 15 is 0 Å². The summed E-state index contributed by atoms with van der Waals surface area (Å²) in [5, 5.41) is 10.3. The summed E-state index contributed by atoms with van der Waals surface area (Å²) in [6.45, 7) is 0. The largest absolute Gasteiger partial charge is 0.309 e. The Labute approximate surface area is 358 Å². The van der Waals surface area contributed by atoms with Crippen molar-refractivity contribution < 1.29 is 0 Å². The lowest BCUT2D eigenvalue weighted by Crippen LogP contribution is -1.97. The Hall–Kier alpha value is -8.41. The minimum absolute atomic E-state index is 0.681. The first-order valence-electron chi connectivity index (χ1n) is 20.9. The lowest BCUT2D eigenvalue weighted by molar-refractivity contribution is 0.979. The fraction of sp³-hybridized carbons (Fsp3) is 0. The summed E-state index contributed by atoms with van der Waals surface area (Å²) in [7, 11) is 0. The molecule has 5 heteroatoms. The third kappa shape index (κ3) is 5.98. The predicted molar refractivity (Wildman–Crippen MR) is 255 cm³/mol. The van der Waals surface area contributed by atoms with Gasteiger partial charge >= 0.3 is 0 Å². The van der Waals surface area contributed by atoms with Crippen LogP contribution < -0.4 is 0 Å². The SMILES string of the molecule is c1ccc(-c2nc(-c3ccc(-c4nn5c(-c6ccccc6)cc6ccccc6c5c4-c4ccccc4)cc3)cc(-c3ccc(-n4c5ccccc5c5ccccc54)cc3)n2)cc1. The van der Waals surface area contributed by atoms with Gasteiger partial charge in [-0.15, -0.1) is 0 Å². The molecule has 0 radical (unpaired) electrons. The highest BCUT2D eigenvalue weighted by molar-refractivity contribution is 6.10. The zero-order valence-corrected chi connectivity index (χ0v) is 33.6. The normalized spacial score (nSPS) is 11.5. The summed E-state index contributed by atoms with van der Waals surface area (Å²) >= 11 is 0. The number of para-hydroxylation sites is 2. The molecule has 0 spiro atoms. The Bertz CT molecular complexity index is 3540. The molecule has 0 atom stereocenters. The van der Waals surface area contributed by atoms with E-state index in [1.54, 1.807) is 0 Å². The fourth-order valence-corrected chi connectivity index (χ4v) is 9.02. The summed E-state index contributed by atoms with van der Waals surface area (Å²) in [6.07, 6.45) is 0. The van der Waals surface area contributed by atoms with Crippen molar-refractivity contribution in [2.45, 2.75) is 0 Å². The first-order chi connectivity index (χ1) is 30.7. The lowest BCUT2D eigenvalue weighted by atomic mass is 9.96. The Morgan fingerprint density at radius 2 is 0.839 bits per heavy atom. The topological polar surface area (TPSA) is 48.0 Å². The Morgan fingerprint density at radius 1 is 0.355 bits per heavy atom. The molecule has 0 unspecified atom stereocenters. The second-order valence-electron chi connectivity index (χ2n) is 15.7. The van der Waals surface area contributed by atoms with Crippen molar-refractivity contribution in [2.75, 3.05) is 0 Å². The van der Waals surface area contributed by atoms with Crippen LogP contribution in [-0.2, 0) is 0 Å². The van der Waals surface area contributed by atoms with E-state index in [0.29, 0.717) is 5.82 Å². The highest BCUT2D eigenvalue weighted by Gasteiger charge is 2.22. The van der Waals surface area contributed by atoms with Gasteiger partial charge in [0.15, 0.2) is 5.82 Å². The number of pyridine rings is 1. The summed E-state index contributed by atoms with van der Waals surface area (Å²) in [6, 6.07) is 79.0. The van der Waals surface area contributed by atoms with Gasteiger partial charge in [0, 0.05) is 55.2 Å². The third-order valence-corrected chi connectivity index (χ3v) is 12.0. The van der Waals surface area contributed by atoms with E-state index < -0.39 is 0 Å². The summed E-state index contributed by atoms with van der Waals surface area (Å²) < 4.78 is 4.48. The number of hydrogen-bond acceptors (Lipinski definition) is 3. The van der Waals surface area contributed by atoms with Crippen LogP contribution in [0, 0.1) is 0 Å². The molecule has 0 aliphatic heterocycles. The maximum absolute atomic E-state index is 5.44. The molecule has 62 heavy (non-hydrogen) atoms. The number of benzene rings is 8. The molecule has 0 fully saturated rings. The maximum atomic E-state index is 5.44. The van der Waals surface area contributed by atoms with Crippen LogP contribution >= 0.6 is 0 Å². The van der Waals surface area contributed by atoms with E-state index in [2.05, 4.69) is 215 Å². The van der Waals surface area contributed by atoms with Crippen molar-refractivity contribution in [3.05, 3.63) is 224 Å². The van der Waals surface area contributed by atoms with Gasteiger partial charge in [0.2, 0.25) is 0 Å². The van der Waals surface area contributed by atoms with E-state index in [9.17, 15) is 0 Å². The van der Waals surface area contributed by atoms with Crippen LogP contribution in [0.15, 0.2) is 224 Å². The quantitative estimate of drug-likeness (QED) is 0.162. The lowest BCUT2D eigenvalue weighted by Gasteiger charge is -2.12. The predicted octanol–water partition coefficient (Wildman–Crippen LogP) is 14.4. The monoisotopic (exact) mass is 791 g/mol. The van der Waals surface area contributed by atoms with Gasteiger partial charge in [0.05, 0.1) is 33.6 Å². The smallest absolute Gasteiger partial charge is 0.160 e. The Kier molecular flexibility index (Phi) is 8.42.